The minimum Gasteiger partial charge on any atom is -0.360 e. The molecule has 0 amide bonds. The average molecular weight is 423 g/mol. The lowest BCUT2D eigenvalue weighted by Gasteiger charge is -2.13. The lowest BCUT2D eigenvalue weighted by molar-refractivity contribution is 0.601. The van der Waals surface area contributed by atoms with E-state index in [-0.39, 0.29) is 28.1 Å². The van der Waals surface area contributed by atoms with E-state index in [1.54, 1.807) is 13.0 Å². The summed E-state index contributed by atoms with van der Waals surface area (Å²) in [6.45, 7) is 4.37. The Bertz CT molecular complexity index is 1190. The molecule has 3 rings (SSSR count). The van der Waals surface area contributed by atoms with Crippen molar-refractivity contribution in [2.45, 2.75) is 38.3 Å². The molecule has 148 valence electrons. The van der Waals surface area contributed by atoms with E-state index < -0.39 is 9.84 Å². The maximum Gasteiger partial charge on any atom is 0.294 e. The van der Waals surface area contributed by atoms with Gasteiger partial charge in [0.1, 0.15) is 5.52 Å². The molecule has 0 saturated heterocycles. The fraction of sp³-hybridized carbons (Fsp3) is 0.353. The normalized spacial score (nSPS) is 11.7. The van der Waals surface area contributed by atoms with Crippen LogP contribution in [0.3, 0.4) is 0 Å². The lowest BCUT2D eigenvalue weighted by Crippen LogP contribution is -2.26. The summed E-state index contributed by atoms with van der Waals surface area (Å²) in [6.07, 6.45) is 3.14. The number of nitrogens with one attached hydrogen (secondary N) is 1. The number of anilines is 1. The summed E-state index contributed by atoms with van der Waals surface area (Å²) in [4.78, 5) is 29.7. The fourth-order valence-electron chi connectivity index (χ4n) is 2.68. The molecule has 11 heteroatoms. The quantitative estimate of drug-likeness (QED) is 0.598. The van der Waals surface area contributed by atoms with E-state index >= 15 is 0 Å². The molecule has 0 aliphatic heterocycles. The molecular weight excluding hydrogens is 404 g/mol. The molecule has 0 atom stereocenters. The summed E-state index contributed by atoms with van der Waals surface area (Å²) in [5, 5.41) is 3.04. The maximum absolute atomic E-state index is 12.8. The number of hydrogen-bond acceptors (Lipinski definition) is 8. The SMILES string of the molecule is CCCn1c(=O)c(NCc2ccc(S(C)(=O)=O)cn2)nc2c(C)nc(Cl)nc21. The zero-order valence-corrected chi connectivity index (χ0v) is 17.2. The molecule has 1 N–H and O–H groups in total. The van der Waals surface area contributed by atoms with Gasteiger partial charge in [-0.3, -0.25) is 14.3 Å². The minimum absolute atomic E-state index is 0.0620. The molecule has 3 aromatic heterocycles. The van der Waals surface area contributed by atoms with Crippen LogP contribution in [0.2, 0.25) is 5.28 Å². The molecule has 0 spiro atoms. The van der Waals surface area contributed by atoms with Gasteiger partial charge in [0.15, 0.2) is 21.3 Å². The molecule has 0 bridgehead atoms. The van der Waals surface area contributed by atoms with Crippen LogP contribution >= 0.6 is 11.6 Å². The van der Waals surface area contributed by atoms with Gasteiger partial charge in [0.25, 0.3) is 5.56 Å². The van der Waals surface area contributed by atoms with E-state index in [9.17, 15) is 13.2 Å². The molecule has 3 heterocycles. The van der Waals surface area contributed by atoms with Gasteiger partial charge >= 0.3 is 0 Å². The molecule has 0 radical (unpaired) electrons. The smallest absolute Gasteiger partial charge is 0.294 e. The minimum atomic E-state index is -3.31. The number of aromatic nitrogens is 5. The van der Waals surface area contributed by atoms with Crippen LogP contribution in [0.5, 0.6) is 0 Å². The molecule has 0 aliphatic rings. The second-order valence-corrected chi connectivity index (χ2v) is 8.63. The van der Waals surface area contributed by atoms with Crippen LogP contribution in [0.1, 0.15) is 24.7 Å². The highest BCUT2D eigenvalue weighted by atomic mass is 35.5. The summed E-state index contributed by atoms with van der Waals surface area (Å²) < 4.78 is 24.6. The van der Waals surface area contributed by atoms with Crippen molar-refractivity contribution < 1.29 is 8.42 Å². The van der Waals surface area contributed by atoms with Crippen LogP contribution in [-0.2, 0) is 22.9 Å². The first-order valence-corrected chi connectivity index (χ1v) is 10.8. The summed E-state index contributed by atoms with van der Waals surface area (Å²) in [7, 11) is -3.31. The lowest BCUT2D eigenvalue weighted by atomic mass is 10.3. The predicted octanol–water partition coefficient (Wildman–Crippen LogP) is 1.97. The Hall–Kier alpha value is -2.59. The average Bonchev–Trinajstić information content (AvgIpc) is 2.63. The second-order valence-electron chi connectivity index (χ2n) is 6.28. The van der Waals surface area contributed by atoms with E-state index in [0.29, 0.717) is 29.1 Å². The number of pyridine rings is 1. The first-order chi connectivity index (χ1) is 13.2. The molecule has 0 aromatic carbocycles. The summed E-state index contributed by atoms with van der Waals surface area (Å²) in [6, 6.07) is 3.06. The second kappa shape index (κ2) is 7.80. The summed E-state index contributed by atoms with van der Waals surface area (Å²) in [5.74, 6) is 0.143. The monoisotopic (exact) mass is 422 g/mol. The van der Waals surface area contributed by atoms with Crippen molar-refractivity contribution >= 4 is 38.4 Å². The van der Waals surface area contributed by atoms with Gasteiger partial charge in [-0.25, -0.2) is 18.4 Å². The summed E-state index contributed by atoms with van der Waals surface area (Å²) >= 11 is 5.94. The molecular formula is C17H19ClN6O3S. The fourth-order valence-corrected chi connectivity index (χ4v) is 3.44. The largest absolute Gasteiger partial charge is 0.360 e. The number of halogens is 1. The van der Waals surface area contributed by atoms with Gasteiger partial charge in [0.2, 0.25) is 5.28 Å². The van der Waals surface area contributed by atoms with E-state index in [4.69, 9.17) is 11.6 Å². The van der Waals surface area contributed by atoms with Crippen molar-refractivity contribution in [1.29, 1.82) is 0 Å². The topological polar surface area (TPSA) is 120 Å². The Morgan fingerprint density at radius 3 is 2.57 bits per heavy atom. The highest BCUT2D eigenvalue weighted by Crippen LogP contribution is 2.16. The van der Waals surface area contributed by atoms with Gasteiger partial charge in [-0.15, -0.1) is 0 Å². The van der Waals surface area contributed by atoms with E-state index in [0.717, 1.165) is 12.7 Å². The highest BCUT2D eigenvalue weighted by molar-refractivity contribution is 7.90. The number of fused-ring (bicyclic) bond motifs is 1. The van der Waals surface area contributed by atoms with Gasteiger partial charge in [0, 0.05) is 19.0 Å². The molecule has 0 unspecified atom stereocenters. The van der Waals surface area contributed by atoms with Gasteiger partial charge in [-0.1, -0.05) is 6.92 Å². The van der Waals surface area contributed by atoms with Crippen LogP contribution < -0.4 is 10.9 Å². The zero-order chi connectivity index (χ0) is 20.5. The van der Waals surface area contributed by atoms with Crippen LogP contribution in [-0.4, -0.2) is 39.2 Å². The zero-order valence-electron chi connectivity index (χ0n) is 15.6. The Morgan fingerprint density at radius 1 is 1.21 bits per heavy atom. The van der Waals surface area contributed by atoms with Crippen molar-refractivity contribution in [2.24, 2.45) is 0 Å². The van der Waals surface area contributed by atoms with Gasteiger partial charge < -0.3 is 5.32 Å². The first-order valence-electron chi connectivity index (χ1n) is 8.54. The Morgan fingerprint density at radius 2 is 1.96 bits per heavy atom. The molecule has 28 heavy (non-hydrogen) atoms. The number of hydrogen-bond donors (Lipinski definition) is 1. The van der Waals surface area contributed by atoms with Gasteiger partial charge in [-0.2, -0.15) is 4.98 Å². The molecule has 9 nitrogen and oxygen atoms in total. The van der Waals surface area contributed by atoms with E-state index in [1.165, 1.54) is 16.8 Å². The Balaban J connectivity index is 1.97. The van der Waals surface area contributed by atoms with E-state index in [2.05, 4.69) is 25.3 Å². The van der Waals surface area contributed by atoms with Gasteiger partial charge in [-0.05, 0) is 37.1 Å². The maximum atomic E-state index is 12.8. The van der Waals surface area contributed by atoms with Crippen molar-refractivity contribution in [3.05, 3.63) is 45.4 Å². The van der Waals surface area contributed by atoms with Crippen LogP contribution in [0, 0.1) is 6.92 Å². The number of aryl methyl sites for hydroxylation is 2. The standard InChI is InChI=1S/C17H19ClN6O3S/c1-4-7-24-15-13(10(2)21-17(18)23-15)22-14(16(24)25)20-8-11-5-6-12(9-19-11)28(3,26)27/h5-6,9H,4,7-8H2,1-3H3,(H,20,22). The number of rotatable bonds is 6. The third-order valence-electron chi connectivity index (χ3n) is 4.05. The predicted molar refractivity (Wildman–Crippen MR) is 106 cm³/mol. The van der Waals surface area contributed by atoms with Crippen molar-refractivity contribution in [3.8, 4) is 0 Å². The highest BCUT2D eigenvalue weighted by Gasteiger charge is 2.15. The van der Waals surface area contributed by atoms with Crippen LogP contribution in [0.25, 0.3) is 11.2 Å². The summed E-state index contributed by atoms with van der Waals surface area (Å²) in [5.41, 5.74) is 1.69. The van der Waals surface area contributed by atoms with Crippen molar-refractivity contribution in [1.82, 2.24) is 24.5 Å². The number of sulfone groups is 1. The molecule has 3 aromatic rings. The van der Waals surface area contributed by atoms with Crippen molar-refractivity contribution in [3.63, 3.8) is 0 Å². The third-order valence-corrected chi connectivity index (χ3v) is 5.32. The third kappa shape index (κ3) is 4.12. The van der Waals surface area contributed by atoms with Crippen LogP contribution in [0.4, 0.5) is 5.82 Å². The van der Waals surface area contributed by atoms with E-state index in [1.807, 2.05) is 6.92 Å². The van der Waals surface area contributed by atoms with Crippen LogP contribution in [0.15, 0.2) is 28.0 Å². The van der Waals surface area contributed by atoms with Crippen molar-refractivity contribution in [2.75, 3.05) is 11.6 Å². The molecule has 0 saturated carbocycles. The van der Waals surface area contributed by atoms with Gasteiger partial charge in [0.05, 0.1) is 22.8 Å². The molecule has 0 aliphatic carbocycles. The number of nitrogens with zero attached hydrogens (tertiary/aromatic N) is 5. The Kier molecular flexibility index (Phi) is 5.61. The Labute approximate surface area is 166 Å². The molecule has 0 fully saturated rings. The first kappa shape index (κ1) is 20.2.